The number of nitrogens with zero attached hydrogens (tertiary/aromatic N) is 4. The molecule has 0 aliphatic carbocycles. The molecule has 2 N–H and O–H groups in total. The van der Waals surface area contributed by atoms with E-state index < -0.39 is 12.1 Å². The van der Waals surface area contributed by atoms with Gasteiger partial charge in [0.2, 0.25) is 5.91 Å². The van der Waals surface area contributed by atoms with Crippen LogP contribution in [0.25, 0.3) is 0 Å². The van der Waals surface area contributed by atoms with Gasteiger partial charge in [0.1, 0.15) is 18.7 Å². The standard InChI is InChI=1S/C22H22N6O3/c29-20(25-18-8-6-17(7-9-18)13-27-15-23-14-24-27)12-19-21(30)28(22(31)26-19)11-10-16-4-2-1-3-5-16/h1-9,14-15,19H,10-13H2,(H,25,29)(H,26,31)/t19-/m0/s1. The van der Waals surface area contributed by atoms with Crippen molar-refractivity contribution in [2.75, 3.05) is 11.9 Å². The van der Waals surface area contributed by atoms with Crippen molar-refractivity contribution in [3.8, 4) is 0 Å². The van der Waals surface area contributed by atoms with E-state index in [1.54, 1.807) is 23.1 Å². The molecule has 3 aromatic rings. The zero-order valence-corrected chi connectivity index (χ0v) is 16.8. The number of imide groups is 1. The van der Waals surface area contributed by atoms with Crippen LogP contribution in [0.3, 0.4) is 0 Å². The molecule has 1 aliphatic heterocycles. The largest absolute Gasteiger partial charge is 0.326 e. The fraction of sp³-hybridized carbons (Fsp3) is 0.227. The Kier molecular flexibility index (Phi) is 6.02. The highest BCUT2D eigenvalue weighted by molar-refractivity contribution is 6.06. The van der Waals surface area contributed by atoms with Crippen LogP contribution in [0.15, 0.2) is 67.3 Å². The van der Waals surface area contributed by atoms with Crippen molar-refractivity contribution in [2.24, 2.45) is 0 Å². The summed E-state index contributed by atoms with van der Waals surface area (Å²) in [6.45, 7) is 0.857. The van der Waals surface area contributed by atoms with Gasteiger partial charge < -0.3 is 10.6 Å². The summed E-state index contributed by atoms with van der Waals surface area (Å²) in [5, 5.41) is 9.42. The first-order chi connectivity index (χ1) is 15.1. The van der Waals surface area contributed by atoms with Crippen LogP contribution in [0.2, 0.25) is 0 Å². The van der Waals surface area contributed by atoms with Gasteiger partial charge in [-0.05, 0) is 29.7 Å². The number of urea groups is 1. The minimum Gasteiger partial charge on any atom is -0.326 e. The van der Waals surface area contributed by atoms with E-state index in [1.165, 1.54) is 11.2 Å². The summed E-state index contributed by atoms with van der Waals surface area (Å²) >= 11 is 0. The summed E-state index contributed by atoms with van der Waals surface area (Å²) in [6, 6.07) is 15.6. The van der Waals surface area contributed by atoms with Crippen LogP contribution in [-0.2, 0) is 22.6 Å². The van der Waals surface area contributed by atoms with Crippen molar-refractivity contribution < 1.29 is 14.4 Å². The fourth-order valence-electron chi connectivity index (χ4n) is 3.40. The Bertz CT molecular complexity index is 1050. The van der Waals surface area contributed by atoms with Gasteiger partial charge in [0.15, 0.2) is 0 Å². The molecule has 158 valence electrons. The van der Waals surface area contributed by atoms with E-state index >= 15 is 0 Å². The summed E-state index contributed by atoms with van der Waals surface area (Å²) in [6.07, 6.45) is 3.55. The molecule has 2 heterocycles. The average Bonchev–Trinajstić information content (AvgIpc) is 3.37. The first kappa shape index (κ1) is 20.3. The zero-order chi connectivity index (χ0) is 21.6. The Hall–Kier alpha value is -4.01. The fourth-order valence-corrected chi connectivity index (χ4v) is 3.40. The minimum atomic E-state index is -0.852. The van der Waals surface area contributed by atoms with Crippen LogP contribution in [0.4, 0.5) is 10.5 Å². The third kappa shape index (κ3) is 5.13. The molecule has 2 aromatic carbocycles. The van der Waals surface area contributed by atoms with Gasteiger partial charge >= 0.3 is 6.03 Å². The van der Waals surface area contributed by atoms with Gasteiger partial charge in [0.25, 0.3) is 5.91 Å². The topological polar surface area (TPSA) is 109 Å². The molecule has 0 unspecified atom stereocenters. The first-order valence-electron chi connectivity index (χ1n) is 9.95. The lowest BCUT2D eigenvalue weighted by Gasteiger charge is -2.13. The summed E-state index contributed by atoms with van der Waals surface area (Å²) in [5.74, 6) is -0.716. The normalized spacial score (nSPS) is 15.7. The van der Waals surface area contributed by atoms with Gasteiger partial charge in [0, 0.05) is 12.2 Å². The number of nitrogens with one attached hydrogen (secondary N) is 2. The lowest BCUT2D eigenvalue weighted by Crippen LogP contribution is -2.34. The molecular weight excluding hydrogens is 396 g/mol. The van der Waals surface area contributed by atoms with Crippen LogP contribution in [0.5, 0.6) is 0 Å². The number of hydrogen-bond donors (Lipinski definition) is 2. The van der Waals surface area contributed by atoms with Crippen LogP contribution in [-0.4, -0.2) is 50.1 Å². The van der Waals surface area contributed by atoms with Crippen molar-refractivity contribution >= 4 is 23.5 Å². The Balaban J connectivity index is 1.28. The molecule has 1 aromatic heterocycles. The van der Waals surface area contributed by atoms with Gasteiger partial charge in [-0.2, -0.15) is 5.10 Å². The Morgan fingerprint density at radius 2 is 1.81 bits per heavy atom. The predicted molar refractivity (Wildman–Crippen MR) is 113 cm³/mol. The average molecular weight is 418 g/mol. The minimum absolute atomic E-state index is 0.118. The maximum absolute atomic E-state index is 12.6. The molecule has 0 radical (unpaired) electrons. The number of rotatable bonds is 8. The molecule has 9 heteroatoms. The van der Waals surface area contributed by atoms with Crippen molar-refractivity contribution in [3.63, 3.8) is 0 Å². The molecule has 1 atom stereocenters. The predicted octanol–water partition coefficient (Wildman–Crippen LogP) is 1.82. The van der Waals surface area contributed by atoms with Gasteiger partial charge in [-0.15, -0.1) is 0 Å². The van der Waals surface area contributed by atoms with Crippen LogP contribution in [0.1, 0.15) is 17.5 Å². The number of aromatic nitrogens is 3. The number of carbonyl (C=O) groups is 3. The van der Waals surface area contributed by atoms with Crippen molar-refractivity contribution in [2.45, 2.75) is 25.4 Å². The molecule has 0 bridgehead atoms. The first-order valence-corrected chi connectivity index (χ1v) is 9.95. The number of benzene rings is 2. The summed E-state index contributed by atoms with van der Waals surface area (Å²) in [5.41, 5.74) is 2.66. The van der Waals surface area contributed by atoms with Crippen LogP contribution < -0.4 is 10.6 Å². The van der Waals surface area contributed by atoms with Gasteiger partial charge in [-0.1, -0.05) is 42.5 Å². The highest BCUT2D eigenvalue weighted by Crippen LogP contribution is 2.14. The van der Waals surface area contributed by atoms with E-state index in [-0.39, 0.29) is 24.8 Å². The molecule has 0 saturated carbocycles. The second kappa shape index (κ2) is 9.21. The molecule has 4 amide bonds. The lowest BCUT2D eigenvalue weighted by molar-refractivity contribution is -0.129. The third-order valence-corrected chi connectivity index (χ3v) is 5.01. The van der Waals surface area contributed by atoms with Crippen LogP contribution in [0, 0.1) is 0 Å². The Morgan fingerprint density at radius 3 is 2.52 bits per heavy atom. The van der Waals surface area contributed by atoms with E-state index in [0.717, 1.165) is 11.1 Å². The maximum Gasteiger partial charge on any atom is 0.324 e. The molecule has 31 heavy (non-hydrogen) atoms. The number of anilines is 1. The summed E-state index contributed by atoms with van der Waals surface area (Å²) in [4.78, 5) is 42.2. The molecule has 0 spiro atoms. The van der Waals surface area contributed by atoms with E-state index in [9.17, 15) is 14.4 Å². The van der Waals surface area contributed by atoms with Gasteiger partial charge in [0.05, 0.1) is 13.0 Å². The van der Waals surface area contributed by atoms with E-state index in [1.807, 2.05) is 42.5 Å². The highest BCUT2D eigenvalue weighted by atomic mass is 16.2. The maximum atomic E-state index is 12.6. The summed E-state index contributed by atoms with van der Waals surface area (Å²) < 4.78 is 1.70. The molecule has 9 nitrogen and oxygen atoms in total. The second-order valence-corrected chi connectivity index (χ2v) is 7.27. The monoisotopic (exact) mass is 418 g/mol. The molecule has 4 rings (SSSR count). The Labute approximate surface area is 179 Å². The number of carbonyl (C=O) groups excluding carboxylic acids is 3. The summed E-state index contributed by atoms with van der Waals surface area (Å²) in [7, 11) is 0. The molecular formula is C22H22N6O3. The van der Waals surface area contributed by atoms with Gasteiger partial charge in [-0.3, -0.25) is 14.5 Å². The molecule has 1 fully saturated rings. The quantitative estimate of drug-likeness (QED) is 0.543. The number of hydrogen-bond acceptors (Lipinski definition) is 5. The van der Waals surface area contributed by atoms with Crippen molar-refractivity contribution in [3.05, 3.63) is 78.4 Å². The third-order valence-electron chi connectivity index (χ3n) is 5.01. The van der Waals surface area contributed by atoms with Gasteiger partial charge in [-0.25, -0.2) is 14.5 Å². The van der Waals surface area contributed by atoms with Crippen molar-refractivity contribution in [1.82, 2.24) is 25.0 Å². The van der Waals surface area contributed by atoms with E-state index in [0.29, 0.717) is 18.7 Å². The van der Waals surface area contributed by atoms with E-state index in [4.69, 9.17) is 0 Å². The second-order valence-electron chi connectivity index (χ2n) is 7.27. The van der Waals surface area contributed by atoms with E-state index in [2.05, 4.69) is 20.7 Å². The Morgan fingerprint density at radius 1 is 1.03 bits per heavy atom. The molecule has 1 saturated heterocycles. The SMILES string of the molecule is O=C(C[C@@H]1NC(=O)N(CCc2ccccc2)C1=O)Nc1ccc(Cn2cncn2)cc1. The number of amides is 4. The lowest BCUT2D eigenvalue weighted by atomic mass is 10.1. The van der Waals surface area contributed by atoms with Crippen LogP contribution >= 0.6 is 0 Å². The smallest absolute Gasteiger partial charge is 0.324 e. The zero-order valence-electron chi connectivity index (χ0n) is 16.8. The highest BCUT2D eigenvalue weighted by Gasteiger charge is 2.38. The molecule has 1 aliphatic rings. The van der Waals surface area contributed by atoms with Crippen molar-refractivity contribution in [1.29, 1.82) is 0 Å².